The maximum atomic E-state index is 6.47. The van der Waals surface area contributed by atoms with Gasteiger partial charge in [-0.2, -0.15) is 0 Å². The Balaban J connectivity index is 2.03. The lowest BCUT2D eigenvalue weighted by Crippen LogP contribution is -2.48. The molecule has 1 saturated carbocycles. The average molecular weight is 354 g/mol. The third-order valence-corrected chi connectivity index (χ3v) is 5.15. The van der Waals surface area contributed by atoms with Gasteiger partial charge in [0, 0.05) is 17.1 Å². The summed E-state index contributed by atoms with van der Waals surface area (Å²) in [6.45, 7) is 8.40. The Bertz CT molecular complexity index is 449. The molecular weight excluding hydrogens is 326 g/mol. The lowest BCUT2D eigenvalue weighted by Gasteiger charge is -2.41. The van der Waals surface area contributed by atoms with Gasteiger partial charge in [0.05, 0.1) is 12.2 Å². The first-order valence-electron chi connectivity index (χ1n) is 8.11. The van der Waals surface area contributed by atoms with Crippen molar-refractivity contribution in [1.82, 2.24) is 5.32 Å². The van der Waals surface area contributed by atoms with E-state index in [-0.39, 0.29) is 5.60 Å². The minimum Gasteiger partial charge on any atom is -0.369 e. The smallest absolute Gasteiger partial charge is 0.0813 e. The molecule has 2 rings (SSSR count). The highest BCUT2D eigenvalue weighted by atomic mass is 79.9. The normalized spacial score (nSPS) is 26.2. The lowest BCUT2D eigenvalue weighted by atomic mass is 9.78. The molecule has 0 radical (unpaired) electrons. The fourth-order valence-electron chi connectivity index (χ4n) is 3.19. The van der Waals surface area contributed by atoms with Gasteiger partial charge in [0.2, 0.25) is 0 Å². The molecule has 1 aliphatic carbocycles. The van der Waals surface area contributed by atoms with E-state index in [0.29, 0.717) is 12.6 Å². The van der Waals surface area contributed by atoms with Crippen molar-refractivity contribution in [2.24, 2.45) is 5.92 Å². The largest absolute Gasteiger partial charge is 0.369 e. The Hall–Kier alpha value is -0.380. The van der Waals surface area contributed by atoms with Crippen LogP contribution in [0.15, 0.2) is 28.7 Å². The second-order valence-corrected chi connectivity index (χ2v) is 7.65. The summed E-state index contributed by atoms with van der Waals surface area (Å²) in [4.78, 5) is 0. The van der Waals surface area contributed by atoms with E-state index in [9.17, 15) is 0 Å². The van der Waals surface area contributed by atoms with Crippen LogP contribution in [0.2, 0.25) is 0 Å². The van der Waals surface area contributed by atoms with Crippen molar-refractivity contribution in [1.29, 1.82) is 0 Å². The van der Waals surface area contributed by atoms with Crippen LogP contribution in [0.25, 0.3) is 0 Å². The second kappa shape index (κ2) is 7.75. The van der Waals surface area contributed by atoms with E-state index < -0.39 is 0 Å². The fourth-order valence-corrected chi connectivity index (χ4v) is 3.59. The summed E-state index contributed by atoms with van der Waals surface area (Å²) in [6, 6.07) is 8.85. The molecule has 0 bridgehead atoms. The Labute approximate surface area is 137 Å². The molecule has 21 heavy (non-hydrogen) atoms. The lowest BCUT2D eigenvalue weighted by molar-refractivity contribution is -0.0899. The zero-order valence-corrected chi connectivity index (χ0v) is 15.1. The number of hydrogen-bond donors (Lipinski definition) is 1. The first-order valence-corrected chi connectivity index (χ1v) is 8.91. The first-order chi connectivity index (χ1) is 10.0. The van der Waals surface area contributed by atoms with Gasteiger partial charge in [0.15, 0.2) is 0 Å². The molecule has 2 nitrogen and oxygen atoms in total. The molecule has 3 heteroatoms. The summed E-state index contributed by atoms with van der Waals surface area (Å²) in [5.74, 6) is 0.756. The summed E-state index contributed by atoms with van der Waals surface area (Å²) in [5.41, 5.74) is 1.23. The first kappa shape index (κ1) is 17.0. The van der Waals surface area contributed by atoms with Crippen LogP contribution in [0.4, 0.5) is 0 Å². The SMILES string of the molecule is CC1CCCC(CNC(C)C)(OCc2ccccc2Br)C1. The zero-order valence-electron chi connectivity index (χ0n) is 13.5. The van der Waals surface area contributed by atoms with Crippen molar-refractivity contribution in [3.8, 4) is 0 Å². The van der Waals surface area contributed by atoms with E-state index in [0.717, 1.165) is 23.4 Å². The van der Waals surface area contributed by atoms with Crippen molar-refractivity contribution in [2.75, 3.05) is 6.54 Å². The van der Waals surface area contributed by atoms with Crippen LogP contribution in [-0.4, -0.2) is 18.2 Å². The van der Waals surface area contributed by atoms with Gasteiger partial charge in [-0.15, -0.1) is 0 Å². The van der Waals surface area contributed by atoms with Gasteiger partial charge in [-0.25, -0.2) is 0 Å². The third kappa shape index (κ3) is 5.08. The number of nitrogens with one attached hydrogen (secondary N) is 1. The number of ether oxygens (including phenoxy) is 1. The van der Waals surface area contributed by atoms with Crippen LogP contribution in [0.5, 0.6) is 0 Å². The summed E-state index contributed by atoms with van der Waals surface area (Å²) in [6.07, 6.45) is 4.94. The minimum absolute atomic E-state index is 0.00276. The highest BCUT2D eigenvalue weighted by Crippen LogP contribution is 2.36. The van der Waals surface area contributed by atoms with Gasteiger partial charge >= 0.3 is 0 Å². The molecular formula is C18H28BrNO. The Morgan fingerprint density at radius 1 is 1.38 bits per heavy atom. The van der Waals surface area contributed by atoms with Crippen molar-refractivity contribution in [3.05, 3.63) is 34.3 Å². The summed E-state index contributed by atoms with van der Waals surface area (Å²) < 4.78 is 7.61. The predicted octanol–water partition coefficient (Wildman–Crippen LogP) is 4.91. The van der Waals surface area contributed by atoms with Gasteiger partial charge < -0.3 is 10.1 Å². The van der Waals surface area contributed by atoms with Crippen molar-refractivity contribution in [3.63, 3.8) is 0 Å². The van der Waals surface area contributed by atoms with E-state index in [1.165, 1.54) is 24.8 Å². The fraction of sp³-hybridized carbons (Fsp3) is 0.667. The Morgan fingerprint density at radius 2 is 2.14 bits per heavy atom. The van der Waals surface area contributed by atoms with Gasteiger partial charge in [-0.1, -0.05) is 67.7 Å². The maximum absolute atomic E-state index is 6.47. The third-order valence-electron chi connectivity index (χ3n) is 4.37. The van der Waals surface area contributed by atoms with E-state index in [4.69, 9.17) is 4.74 Å². The van der Waals surface area contributed by atoms with Gasteiger partial charge in [0.25, 0.3) is 0 Å². The van der Waals surface area contributed by atoms with Crippen LogP contribution in [0.1, 0.15) is 52.0 Å². The van der Waals surface area contributed by atoms with Crippen LogP contribution in [-0.2, 0) is 11.3 Å². The molecule has 1 aromatic carbocycles. The zero-order chi connectivity index (χ0) is 15.3. The van der Waals surface area contributed by atoms with Crippen LogP contribution in [0.3, 0.4) is 0 Å². The second-order valence-electron chi connectivity index (χ2n) is 6.80. The van der Waals surface area contributed by atoms with Crippen molar-refractivity contribution >= 4 is 15.9 Å². The van der Waals surface area contributed by atoms with E-state index in [1.807, 2.05) is 6.07 Å². The molecule has 2 atom stereocenters. The molecule has 1 fully saturated rings. The maximum Gasteiger partial charge on any atom is 0.0813 e. The average Bonchev–Trinajstić information content (AvgIpc) is 2.45. The van der Waals surface area contributed by atoms with E-state index in [2.05, 4.69) is 60.2 Å². The van der Waals surface area contributed by atoms with Crippen LogP contribution >= 0.6 is 15.9 Å². The van der Waals surface area contributed by atoms with E-state index >= 15 is 0 Å². The molecule has 0 saturated heterocycles. The molecule has 1 aromatic rings. The van der Waals surface area contributed by atoms with Gasteiger partial charge in [-0.05, 0) is 30.4 Å². The molecule has 2 unspecified atom stereocenters. The highest BCUT2D eigenvalue weighted by molar-refractivity contribution is 9.10. The number of rotatable bonds is 6. The molecule has 0 spiro atoms. The quantitative estimate of drug-likeness (QED) is 0.784. The summed E-state index contributed by atoms with van der Waals surface area (Å²) in [7, 11) is 0. The molecule has 0 amide bonds. The van der Waals surface area contributed by atoms with Crippen LogP contribution in [0, 0.1) is 5.92 Å². The number of halogens is 1. The topological polar surface area (TPSA) is 21.3 Å². The number of hydrogen-bond acceptors (Lipinski definition) is 2. The predicted molar refractivity (Wildman–Crippen MR) is 92.4 cm³/mol. The van der Waals surface area contributed by atoms with Gasteiger partial charge in [-0.3, -0.25) is 0 Å². The summed E-state index contributed by atoms with van der Waals surface area (Å²) in [5, 5.41) is 3.59. The van der Waals surface area contributed by atoms with Crippen molar-refractivity contribution < 1.29 is 4.74 Å². The minimum atomic E-state index is -0.00276. The number of benzene rings is 1. The molecule has 0 heterocycles. The highest BCUT2D eigenvalue weighted by Gasteiger charge is 2.35. The molecule has 0 aliphatic heterocycles. The molecule has 0 aromatic heterocycles. The van der Waals surface area contributed by atoms with Gasteiger partial charge in [0.1, 0.15) is 0 Å². The van der Waals surface area contributed by atoms with E-state index in [1.54, 1.807) is 0 Å². The monoisotopic (exact) mass is 353 g/mol. The van der Waals surface area contributed by atoms with Crippen molar-refractivity contribution in [2.45, 2.75) is 64.7 Å². The molecule has 1 N–H and O–H groups in total. The molecule has 1 aliphatic rings. The van der Waals surface area contributed by atoms with Crippen LogP contribution < -0.4 is 5.32 Å². The Kier molecular flexibility index (Phi) is 6.27. The summed E-state index contributed by atoms with van der Waals surface area (Å²) >= 11 is 3.62. The molecule has 118 valence electrons. The Morgan fingerprint density at radius 3 is 2.81 bits per heavy atom. The standard InChI is InChI=1S/C18H28BrNO/c1-14(2)20-13-18(10-6-7-15(3)11-18)21-12-16-8-4-5-9-17(16)19/h4-5,8-9,14-15,20H,6-7,10-13H2,1-3H3.